The van der Waals surface area contributed by atoms with Crippen molar-refractivity contribution in [2.24, 2.45) is 5.92 Å². The zero-order valence-electron chi connectivity index (χ0n) is 15.1. The third kappa shape index (κ3) is 3.95. The summed E-state index contributed by atoms with van der Waals surface area (Å²) in [7, 11) is 0. The highest BCUT2D eigenvalue weighted by molar-refractivity contribution is 5.95. The van der Waals surface area contributed by atoms with Crippen molar-refractivity contribution in [1.82, 2.24) is 4.90 Å². The molecule has 6 nitrogen and oxygen atoms in total. The van der Waals surface area contributed by atoms with Gasteiger partial charge in [0.25, 0.3) is 0 Å². The van der Waals surface area contributed by atoms with Crippen LogP contribution in [0.1, 0.15) is 38.3 Å². The lowest BCUT2D eigenvalue weighted by Gasteiger charge is -2.31. The molecule has 1 fully saturated rings. The highest BCUT2D eigenvalue weighted by Gasteiger charge is 2.31. The molecule has 0 radical (unpaired) electrons. The van der Waals surface area contributed by atoms with E-state index in [1.807, 2.05) is 39.0 Å². The molecular weight excluding hydrogens is 320 g/mol. The van der Waals surface area contributed by atoms with Crippen LogP contribution in [0.25, 0.3) is 0 Å². The lowest BCUT2D eigenvalue weighted by Crippen LogP contribution is -2.40. The second-order valence-corrected chi connectivity index (χ2v) is 7.86. The van der Waals surface area contributed by atoms with Crippen molar-refractivity contribution in [3.05, 3.63) is 29.3 Å². The molecule has 25 heavy (non-hydrogen) atoms. The Hall–Kier alpha value is -2.08. The van der Waals surface area contributed by atoms with Gasteiger partial charge in [-0.25, -0.2) is 4.79 Å². The molecule has 0 aliphatic carbocycles. The highest BCUT2D eigenvalue weighted by atomic mass is 16.6. The van der Waals surface area contributed by atoms with Crippen LogP contribution in [-0.4, -0.2) is 47.3 Å². The van der Waals surface area contributed by atoms with E-state index in [9.17, 15) is 14.7 Å². The summed E-state index contributed by atoms with van der Waals surface area (Å²) in [4.78, 5) is 27.8. The Labute approximate surface area is 148 Å². The van der Waals surface area contributed by atoms with Crippen molar-refractivity contribution < 1.29 is 19.4 Å². The second kappa shape index (κ2) is 6.67. The van der Waals surface area contributed by atoms with Crippen LogP contribution >= 0.6 is 0 Å². The first-order valence-electron chi connectivity index (χ1n) is 8.78. The molecule has 0 spiro atoms. The highest BCUT2D eigenvalue weighted by Crippen LogP contribution is 2.29. The van der Waals surface area contributed by atoms with Crippen LogP contribution in [0.3, 0.4) is 0 Å². The van der Waals surface area contributed by atoms with E-state index in [2.05, 4.69) is 0 Å². The number of fused-ring (bicyclic) bond motifs is 1. The summed E-state index contributed by atoms with van der Waals surface area (Å²) in [6, 6.07) is 5.95. The molecule has 1 N–H and O–H groups in total. The van der Waals surface area contributed by atoms with E-state index in [-0.39, 0.29) is 24.5 Å². The minimum atomic E-state index is -0.499. The largest absolute Gasteiger partial charge is 0.444 e. The number of benzene rings is 1. The van der Waals surface area contributed by atoms with Crippen molar-refractivity contribution in [2.75, 3.05) is 24.6 Å². The number of aliphatic hydroxyl groups is 1. The average molecular weight is 346 g/mol. The van der Waals surface area contributed by atoms with Crippen LogP contribution in [0.4, 0.5) is 10.5 Å². The van der Waals surface area contributed by atoms with E-state index in [1.54, 1.807) is 9.80 Å². The number of hydrogen-bond acceptors (Lipinski definition) is 4. The predicted octanol–water partition coefficient (Wildman–Crippen LogP) is 2.33. The molecule has 1 atom stereocenters. The van der Waals surface area contributed by atoms with Gasteiger partial charge >= 0.3 is 6.09 Å². The Bertz CT molecular complexity index is 680. The fourth-order valence-electron chi connectivity index (χ4n) is 3.34. The van der Waals surface area contributed by atoms with E-state index >= 15 is 0 Å². The minimum Gasteiger partial charge on any atom is -0.444 e. The average Bonchev–Trinajstić information content (AvgIpc) is 2.93. The van der Waals surface area contributed by atoms with E-state index in [1.165, 1.54) is 0 Å². The predicted molar refractivity (Wildman–Crippen MR) is 94.3 cm³/mol. The number of carbonyl (C=O) groups is 2. The van der Waals surface area contributed by atoms with Gasteiger partial charge in [-0.2, -0.15) is 0 Å². The molecular formula is C19H26N2O4. The van der Waals surface area contributed by atoms with Crippen molar-refractivity contribution in [1.29, 1.82) is 0 Å². The van der Waals surface area contributed by atoms with Crippen molar-refractivity contribution >= 4 is 17.7 Å². The third-order valence-electron chi connectivity index (χ3n) is 4.63. The summed E-state index contributed by atoms with van der Waals surface area (Å²) >= 11 is 0. The summed E-state index contributed by atoms with van der Waals surface area (Å²) in [5.74, 6) is 0.0800. The summed E-state index contributed by atoms with van der Waals surface area (Å²) < 4.78 is 5.45. The lowest BCUT2D eigenvalue weighted by molar-refractivity contribution is -0.117. The molecule has 6 heteroatoms. The number of rotatable bonds is 2. The fraction of sp³-hybridized carbons (Fsp3) is 0.579. The molecule has 0 saturated carbocycles. The van der Waals surface area contributed by atoms with Crippen LogP contribution in [-0.2, 0) is 22.5 Å². The van der Waals surface area contributed by atoms with Crippen LogP contribution in [0.5, 0.6) is 0 Å². The molecule has 1 aromatic carbocycles. The van der Waals surface area contributed by atoms with Gasteiger partial charge < -0.3 is 19.6 Å². The zero-order valence-corrected chi connectivity index (χ0v) is 15.1. The third-order valence-corrected chi connectivity index (χ3v) is 4.63. The molecule has 136 valence electrons. The topological polar surface area (TPSA) is 70.1 Å². The number of amides is 2. The van der Waals surface area contributed by atoms with Gasteiger partial charge in [-0.15, -0.1) is 0 Å². The van der Waals surface area contributed by atoms with Gasteiger partial charge in [0.1, 0.15) is 5.60 Å². The van der Waals surface area contributed by atoms with Crippen LogP contribution < -0.4 is 4.90 Å². The number of ether oxygens (including phenoxy) is 1. The molecule has 0 bridgehead atoms. The fourth-order valence-corrected chi connectivity index (χ4v) is 3.34. The Kier molecular flexibility index (Phi) is 4.73. The van der Waals surface area contributed by atoms with Crippen LogP contribution in [0.2, 0.25) is 0 Å². The monoisotopic (exact) mass is 346 g/mol. The van der Waals surface area contributed by atoms with Crippen molar-refractivity contribution in [3.63, 3.8) is 0 Å². The Balaban J connectivity index is 1.72. The molecule has 2 aliphatic rings. The van der Waals surface area contributed by atoms with Gasteiger partial charge in [0.15, 0.2) is 0 Å². The number of aliphatic hydroxyl groups excluding tert-OH is 1. The first-order valence-corrected chi connectivity index (χ1v) is 8.78. The number of nitrogens with zero attached hydrogens (tertiary/aromatic N) is 2. The Morgan fingerprint density at radius 3 is 2.72 bits per heavy atom. The summed E-state index contributed by atoms with van der Waals surface area (Å²) in [5, 5.41) is 9.27. The standard InChI is InChI=1S/C19H26N2O4/c1-19(2,3)25-18(24)20-7-6-14-9-16(5-4-15(14)11-20)21-10-13(12-22)8-17(21)23/h4-5,9,13,22H,6-8,10-12H2,1-3H3. The smallest absolute Gasteiger partial charge is 0.410 e. The molecule has 2 aliphatic heterocycles. The summed E-state index contributed by atoms with van der Waals surface area (Å²) in [6.07, 6.45) is 0.858. The molecule has 0 aromatic heterocycles. The van der Waals surface area contributed by atoms with E-state index in [0.717, 1.165) is 23.2 Å². The van der Waals surface area contributed by atoms with Gasteiger partial charge in [-0.05, 0) is 50.5 Å². The molecule has 1 saturated heterocycles. The van der Waals surface area contributed by atoms with E-state index in [0.29, 0.717) is 26.1 Å². The lowest BCUT2D eigenvalue weighted by atomic mass is 9.99. The number of hydrogen-bond donors (Lipinski definition) is 1. The zero-order chi connectivity index (χ0) is 18.2. The van der Waals surface area contributed by atoms with Crippen molar-refractivity contribution in [3.8, 4) is 0 Å². The minimum absolute atomic E-state index is 0.0196. The van der Waals surface area contributed by atoms with Crippen LogP contribution in [0, 0.1) is 5.92 Å². The maximum Gasteiger partial charge on any atom is 0.410 e. The molecule has 3 rings (SSSR count). The van der Waals surface area contributed by atoms with Gasteiger partial charge in [0, 0.05) is 44.3 Å². The first-order chi connectivity index (χ1) is 11.8. The normalized spacial score (nSPS) is 20.6. The quantitative estimate of drug-likeness (QED) is 0.892. The SMILES string of the molecule is CC(C)(C)OC(=O)N1CCc2cc(N3CC(CO)CC3=O)ccc2C1. The molecule has 2 heterocycles. The van der Waals surface area contributed by atoms with E-state index in [4.69, 9.17) is 4.74 Å². The molecule has 2 amide bonds. The maximum absolute atomic E-state index is 12.2. The van der Waals surface area contributed by atoms with Gasteiger partial charge in [-0.1, -0.05) is 6.07 Å². The summed E-state index contributed by atoms with van der Waals surface area (Å²) in [6.45, 7) is 7.33. The van der Waals surface area contributed by atoms with Gasteiger partial charge in [0.05, 0.1) is 0 Å². The van der Waals surface area contributed by atoms with E-state index < -0.39 is 5.60 Å². The second-order valence-electron chi connectivity index (χ2n) is 7.86. The number of anilines is 1. The van der Waals surface area contributed by atoms with Gasteiger partial charge in [0.2, 0.25) is 5.91 Å². The maximum atomic E-state index is 12.2. The Morgan fingerprint density at radius 1 is 1.32 bits per heavy atom. The van der Waals surface area contributed by atoms with Crippen LogP contribution in [0.15, 0.2) is 18.2 Å². The summed E-state index contributed by atoms with van der Waals surface area (Å²) in [5.41, 5.74) is 2.63. The molecule has 1 aromatic rings. The first kappa shape index (κ1) is 17.7. The molecule has 1 unspecified atom stereocenters. The Morgan fingerprint density at radius 2 is 2.08 bits per heavy atom. The number of carbonyl (C=O) groups excluding carboxylic acids is 2. The van der Waals surface area contributed by atoms with Crippen molar-refractivity contribution in [2.45, 2.75) is 45.8 Å². The van der Waals surface area contributed by atoms with Gasteiger partial charge in [-0.3, -0.25) is 4.79 Å².